The molecule has 0 bridgehead atoms. The largest absolute Gasteiger partial charge is 0.475 e. The number of rotatable bonds is 3. The minimum absolute atomic E-state index is 0.180. The molecule has 9 heteroatoms. The molecule has 1 amide bonds. The molecule has 2 rings (SSSR count). The fraction of sp³-hybridized carbons (Fsp3) is 0.545. The lowest BCUT2D eigenvalue weighted by Gasteiger charge is -2.16. The molecule has 1 aliphatic rings. The highest BCUT2D eigenvalue weighted by molar-refractivity contribution is 5.84. The van der Waals surface area contributed by atoms with Crippen LogP contribution in [0.25, 0.3) is 0 Å². The summed E-state index contributed by atoms with van der Waals surface area (Å²) in [6.07, 6.45) is -2.82. The van der Waals surface area contributed by atoms with Crippen LogP contribution in [0.15, 0.2) is 0 Å². The number of alkyl halides is 3. The molecule has 1 aromatic heterocycles. The van der Waals surface area contributed by atoms with Gasteiger partial charge < -0.3 is 15.0 Å². The normalized spacial score (nSPS) is 14.8. The van der Waals surface area contributed by atoms with Gasteiger partial charge in [0.1, 0.15) is 0 Å². The van der Waals surface area contributed by atoms with Gasteiger partial charge in [0, 0.05) is 12.2 Å². The molecule has 0 fully saturated rings. The average molecular weight is 291 g/mol. The fourth-order valence-electron chi connectivity index (χ4n) is 2.19. The number of amides is 1. The molecule has 0 spiro atoms. The lowest BCUT2D eigenvalue weighted by molar-refractivity contribution is -0.173. The molecule has 0 aromatic carbocycles. The van der Waals surface area contributed by atoms with Gasteiger partial charge in [0.05, 0.1) is 12.2 Å². The number of aromatic nitrogens is 2. The second-order valence-corrected chi connectivity index (χ2v) is 4.42. The van der Waals surface area contributed by atoms with Crippen LogP contribution in [0.1, 0.15) is 34.8 Å². The lowest BCUT2D eigenvalue weighted by Crippen LogP contribution is -2.36. The standard InChI is InChI=1S/C11H12F3N3O3/c12-11(13,14)10(20)15-5-6-7-3-1-2-4-17(7)8(16-6)9(18)19/h1-5H2,(H,15,20)(H,18,19). The number of nitrogens with zero attached hydrogens (tertiary/aromatic N) is 2. The summed E-state index contributed by atoms with van der Waals surface area (Å²) >= 11 is 0. The smallest absolute Gasteiger partial charge is 0.471 e. The molecule has 0 atom stereocenters. The van der Waals surface area contributed by atoms with Gasteiger partial charge in [0.2, 0.25) is 5.82 Å². The van der Waals surface area contributed by atoms with E-state index in [-0.39, 0.29) is 11.5 Å². The second kappa shape index (κ2) is 5.14. The summed E-state index contributed by atoms with van der Waals surface area (Å²) in [6.45, 7) is 0.0398. The first kappa shape index (κ1) is 14.4. The van der Waals surface area contributed by atoms with Crippen molar-refractivity contribution in [3.8, 4) is 0 Å². The summed E-state index contributed by atoms with van der Waals surface area (Å²) in [4.78, 5) is 25.6. The highest BCUT2D eigenvalue weighted by Crippen LogP contribution is 2.21. The minimum atomic E-state index is -4.96. The Morgan fingerprint density at radius 1 is 1.35 bits per heavy atom. The summed E-state index contributed by atoms with van der Waals surface area (Å²) in [5, 5.41) is 10.7. The number of halogens is 3. The molecule has 6 nitrogen and oxygen atoms in total. The Kier molecular flexibility index (Phi) is 3.69. The number of carbonyl (C=O) groups is 2. The number of carboxylic acids is 1. The third-order valence-electron chi connectivity index (χ3n) is 3.07. The molecule has 1 aliphatic heterocycles. The number of aromatic carboxylic acids is 1. The number of imidazole rings is 1. The van der Waals surface area contributed by atoms with Crippen molar-refractivity contribution in [3.63, 3.8) is 0 Å². The van der Waals surface area contributed by atoms with Crippen molar-refractivity contribution >= 4 is 11.9 Å². The molecule has 0 aliphatic carbocycles. The summed E-state index contributed by atoms with van der Waals surface area (Å²) < 4.78 is 37.8. The molecule has 1 aromatic rings. The molecule has 0 saturated heterocycles. The zero-order valence-corrected chi connectivity index (χ0v) is 10.3. The van der Waals surface area contributed by atoms with E-state index in [4.69, 9.17) is 5.11 Å². The highest BCUT2D eigenvalue weighted by atomic mass is 19.4. The number of fused-ring (bicyclic) bond motifs is 1. The molecule has 2 heterocycles. The van der Waals surface area contributed by atoms with Crippen LogP contribution in [0.5, 0.6) is 0 Å². The Balaban J connectivity index is 2.20. The molecule has 0 radical (unpaired) electrons. The van der Waals surface area contributed by atoms with Gasteiger partial charge in [-0.1, -0.05) is 0 Å². The number of nitrogens with one attached hydrogen (secondary N) is 1. The van der Waals surface area contributed by atoms with E-state index in [1.807, 2.05) is 0 Å². The summed E-state index contributed by atoms with van der Waals surface area (Å²) in [7, 11) is 0. The van der Waals surface area contributed by atoms with Gasteiger partial charge in [-0.2, -0.15) is 13.2 Å². The van der Waals surface area contributed by atoms with Crippen molar-refractivity contribution in [2.24, 2.45) is 0 Å². The number of carbonyl (C=O) groups excluding carboxylic acids is 1. The molecule has 110 valence electrons. The van der Waals surface area contributed by atoms with E-state index in [0.717, 1.165) is 12.8 Å². The van der Waals surface area contributed by atoms with E-state index in [1.54, 1.807) is 5.32 Å². The van der Waals surface area contributed by atoms with Gasteiger partial charge in [-0.15, -0.1) is 0 Å². The van der Waals surface area contributed by atoms with Crippen molar-refractivity contribution in [1.29, 1.82) is 0 Å². The number of hydrogen-bond donors (Lipinski definition) is 2. The van der Waals surface area contributed by atoms with E-state index in [2.05, 4.69) is 4.98 Å². The molecule has 20 heavy (non-hydrogen) atoms. The quantitative estimate of drug-likeness (QED) is 0.873. The highest BCUT2D eigenvalue weighted by Gasteiger charge is 2.38. The van der Waals surface area contributed by atoms with Crippen LogP contribution in [-0.2, 0) is 24.3 Å². The van der Waals surface area contributed by atoms with Crippen molar-refractivity contribution in [3.05, 3.63) is 17.2 Å². The van der Waals surface area contributed by atoms with Crippen molar-refractivity contribution in [2.45, 2.75) is 38.5 Å². The van der Waals surface area contributed by atoms with Crippen LogP contribution in [0.2, 0.25) is 0 Å². The summed E-state index contributed by atoms with van der Waals surface area (Å²) in [5.74, 6) is -3.50. The SMILES string of the molecule is O=C(O)c1nc(CNC(=O)C(F)(F)F)c2n1CCCC2. The Morgan fingerprint density at radius 2 is 2.05 bits per heavy atom. The second-order valence-electron chi connectivity index (χ2n) is 4.42. The van der Waals surface area contributed by atoms with E-state index in [1.165, 1.54) is 4.57 Å². The van der Waals surface area contributed by atoms with Gasteiger partial charge in [-0.3, -0.25) is 4.79 Å². The third kappa shape index (κ3) is 2.75. The minimum Gasteiger partial charge on any atom is -0.475 e. The van der Waals surface area contributed by atoms with Gasteiger partial charge in [0.25, 0.3) is 0 Å². The predicted octanol–water partition coefficient (Wildman–Crippen LogP) is 1.10. The first-order valence-electron chi connectivity index (χ1n) is 5.97. The maximum Gasteiger partial charge on any atom is 0.471 e. The zero-order valence-electron chi connectivity index (χ0n) is 10.3. The van der Waals surface area contributed by atoms with Crippen LogP contribution in [-0.4, -0.2) is 32.7 Å². The summed E-state index contributed by atoms with van der Waals surface area (Å²) in [6, 6.07) is 0. The first-order valence-corrected chi connectivity index (χ1v) is 5.97. The molecular weight excluding hydrogens is 279 g/mol. The van der Waals surface area contributed by atoms with Crippen LogP contribution in [0, 0.1) is 0 Å². The van der Waals surface area contributed by atoms with Gasteiger partial charge in [-0.05, 0) is 19.3 Å². The van der Waals surface area contributed by atoms with Crippen molar-refractivity contribution < 1.29 is 27.9 Å². The molecule has 0 saturated carbocycles. The topological polar surface area (TPSA) is 84.2 Å². The van der Waals surface area contributed by atoms with E-state index in [0.29, 0.717) is 18.7 Å². The van der Waals surface area contributed by atoms with Gasteiger partial charge in [-0.25, -0.2) is 9.78 Å². The number of hydrogen-bond acceptors (Lipinski definition) is 3. The zero-order chi connectivity index (χ0) is 14.9. The maximum atomic E-state index is 12.1. The van der Waals surface area contributed by atoms with Gasteiger partial charge in [0.15, 0.2) is 0 Å². The van der Waals surface area contributed by atoms with Crippen LogP contribution in [0.3, 0.4) is 0 Å². The fourth-order valence-corrected chi connectivity index (χ4v) is 2.19. The Hall–Kier alpha value is -2.06. The Morgan fingerprint density at radius 3 is 2.65 bits per heavy atom. The first-order chi connectivity index (χ1) is 9.30. The van der Waals surface area contributed by atoms with E-state index >= 15 is 0 Å². The van der Waals surface area contributed by atoms with Gasteiger partial charge >= 0.3 is 18.1 Å². The third-order valence-corrected chi connectivity index (χ3v) is 3.07. The molecule has 0 unspecified atom stereocenters. The monoisotopic (exact) mass is 291 g/mol. The van der Waals surface area contributed by atoms with E-state index in [9.17, 15) is 22.8 Å². The van der Waals surface area contributed by atoms with Crippen LogP contribution in [0.4, 0.5) is 13.2 Å². The van der Waals surface area contributed by atoms with Crippen LogP contribution < -0.4 is 5.32 Å². The molecular formula is C11H12F3N3O3. The van der Waals surface area contributed by atoms with Crippen LogP contribution >= 0.6 is 0 Å². The average Bonchev–Trinajstić information content (AvgIpc) is 2.74. The number of carboxylic acid groups (broad SMARTS) is 1. The molecule has 2 N–H and O–H groups in total. The Labute approximate surface area is 111 Å². The summed E-state index contributed by atoms with van der Waals surface area (Å²) in [5.41, 5.74) is 0.760. The lowest BCUT2D eigenvalue weighted by atomic mass is 10.1. The van der Waals surface area contributed by atoms with Crippen molar-refractivity contribution in [1.82, 2.24) is 14.9 Å². The Bertz CT molecular complexity index is 551. The maximum absolute atomic E-state index is 12.1. The van der Waals surface area contributed by atoms with Crippen molar-refractivity contribution in [2.75, 3.05) is 0 Å². The predicted molar refractivity (Wildman–Crippen MR) is 60.0 cm³/mol. The van der Waals surface area contributed by atoms with E-state index < -0.39 is 24.6 Å².